The van der Waals surface area contributed by atoms with E-state index in [2.05, 4.69) is 27.7 Å². The van der Waals surface area contributed by atoms with E-state index in [-0.39, 0.29) is 0 Å². The molecule has 0 N–H and O–H groups in total. The van der Waals surface area contributed by atoms with E-state index in [0.29, 0.717) is 0 Å². The monoisotopic (exact) mass is 456 g/mol. The average Bonchev–Trinajstić information content (AvgIpc) is 2.78. The number of hydrogen-bond acceptors (Lipinski definition) is 0. The molecule has 0 saturated carbocycles. The van der Waals surface area contributed by atoms with Crippen molar-refractivity contribution in [1.82, 2.24) is 0 Å². The van der Waals surface area contributed by atoms with Gasteiger partial charge in [0.1, 0.15) is 0 Å². The molecular formula is C30H65P. The first-order valence-electron chi connectivity index (χ1n) is 15.2. The van der Waals surface area contributed by atoms with Gasteiger partial charge in [0, 0.05) is 0 Å². The van der Waals surface area contributed by atoms with Crippen LogP contribution < -0.4 is 0 Å². The van der Waals surface area contributed by atoms with Gasteiger partial charge in [-0.3, -0.25) is 0 Å². The van der Waals surface area contributed by atoms with Crippen LogP contribution in [0.15, 0.2) is 0 Å². The van der Waals surface area contributed by atoms with E-state index in [9.17, 15) is 0 Å². The molecule has 0 aromatic carbocycles. The molecule has 0 aliphatic heterocycles. The summed E-state index contributed by atoms with van der Waals surface area (Å²) in [5, 5.41) is 0. The van der Waals surface area contributed by atoms with Crippen molar-refractivity contribution in [1.29, 1.82) is 0 Å². The third-order valence-corrected chi connectivity index (χ3v) is 13.4. The van der Waals surface area contributed by atoms with Gasteiger partial charge in [0.15, 0.2) is 0 Å². The first kappa shape index (κ1) is 31.4. The molecule has 0 aliphatic carbocycles. The van der Waals surface area contributed by atoms with Crippen LogP contribution in [0.3, 0.4) is 0 Å². The van der Waals surface area contributed by atoms with Crippen molar-refractivity contribution >= 4 is 7.26 Å². The average molecular weight is 457 g/mol. The Morgan fingerprint density at radius 3 is 0.710 bits per heavy atom. The van der Waals surface area contributed by atoms with Crippen LogP contribution in [0, 0.1) is 0 Å². The van der Waals surface area contributed by atoms with Gasteiger partial charge in [-0.05, 0) is 0 Å². The van der Waals surface area contributed by atoms with Gasteiger partial charge in [0.05, 0.1) is 0 Å². The Bertz CT molecular complexity index is 293. The molecular weight excluding hydrogens is 391 g/mol. The topological polar surface area (TPSA) is 0 Å². The molecule has 0 atom stereocenters. The van der Waals surface area contributed by atoms with Gasteiger partial charge in [0.25, 0.3) is 0 Å². The zero-order chi connectivity index (χ0) is 22.9. The molecule has 0 aromatic rings. The zero-order valence-corrected chi connectivity index (χ0v) is 23.9. The zero-order valence-electron chi connectivity index (χ0n) is 22.9. The van der Waals surface area contributed by atoms with Crippen molar-refractivity contribution in [3.63, 3.8) is 0 Å². The van der Waals surface area contributed by atoms with E-state index in [1.807, 2.05) is 0 Å². The van der Waals surface area contributed by atoms with Crippen molar-refractivity contribution in [2.75, 3.05) is 24.6 Å². The second-order valence-corrected chi connectivity index (χ2v) is 15.9. The summed E-state index contributed by atoms with van der Waals surface area (Å²) in [5.41, 5.74) is 0. The van der Waals surface area contributed by atoms with E-state index in [1.165, 1.54) is 116 Å². The summed E-state index contributed by atoms with van der Waals surface area (Å²) in [6.07, 6.45) is 39.3. The number of unbranched alkanes of at least 4 members (excludes halogenated alkanes) is 18. The third-order valence-electron chi connectivity index (χ3n) is 7.74. The van der Waals surface area contributed by atoms with Crippen LogP contribution in [-0.2, 0) is 0 Å². The molecule has 1 heteroatoms. The number of hydrogen-bond donors (Lipinski definition) is 0. The first-order chi connectivity index (χ1) is 15.2. The summed E-state index contributed by atoms with van der Waals surface area (Å²) < 4.78 is 0. The van der Waals surface area contributed by atoms with Crippen molar-refractivity contribution in [2.45, 2.75) is 169 Å². The maximum absolute atomic E-state index is 2.37. The fraction of sp³-hybridized carbons (Fsp3) is 1.00. The predicted molar refractivity (Wildman–Crippen MR) is 152 cm³/mol. The Kier molecular flexibility index (Phi) is 25.4. The molecule has 0 bridgehead atoms. The summed E-state index contributed by atoms with van der Waals surface area (Å²) >= 11 is 0. The van der Waals surface area contributed by atoms with Crippen molar-refractivity contribution in [3.05, 3.63) is 0 Å². The maximum atomic E-state index is 2.37. The Morgan fingerprint density at radius 1 is 0.258 bits per heavy atom. The van der Waals surface area contributed by atoms with E-state index in [1.54, 1.807) is 50.3 Å². The van der Waals surface area contributed by atoms with Crippen molar-refractivity contribution < 1.29 is 0 Å². The van der Waals surface area contributed by atoms with Gasteiger partial charge in [-0.25, -0.2) is 0 Å². The molecule has 0 unspecified atom stereocenters. The quantitative estimate of drug-likeness (QED) is 0.0896. The van der Waals surface area contributed by atoms with Crippen molar-refractivity contribution in [2.24, 2.45) is 0 Å². The van der Waals surface area contributed by atoms with E-state index in [4.69, 9.17) is 0 Å². The molecule has 0 fully saturated rings. The van der Waals surface area contributed by atoms with E-state index in [0.717, 1.165) is 0 Å². The van der Waals surface area contributed by atoms with Crippen LogP contribution >= 0.6 is 7.26 Å². The fourth-order valence-electron chi connectivity index (χ4n) is 5.52. The molecule has 0 saturated heterocycles. The first-order valence-corrected chi connectivity index (χ1v) is 18.1. The SMILES string of the molecule is CCCCCCCCCCCC[PH](CCCCCC)(CCCCCC)CCCCCC. The standard InChI is InChI=1S/C30H65P/c1-5-9-13-17-18-19-20-21-22-26-30-31(27-23-14-10-6-2,28-24-15-11-7-3)29-25-16-12-8-4/h31H,5-30H2,1-4H3. The summed E-state index contributed by atoms with van der Waals surface area (Å²) in [6, 6.07) is 0. The molecule has 190 valence electrons. The van der Waals surface area contributed by atoms with Gasteiger partial charge in [-0.1, -0.05) is 0 Å². The van der Waals surface area contributed by atoms with Gasteiger partial charge in [-0.2, -0.15) is 0 Å². The van der Waals surface area contributed by atoms with Crippen LogP contribution in [0.25, 0.3) is 0 Å². The summed E-state index contributed by atoms with van der Waals surface area (Å²) in [4.78, 5) is 0. The van der Waals surface area contributed by atoms with E-state index < -0.39 is 7.26 Å². The Morgan fingerprint density at radius 2 is 0.452 bits per heavy atom. The second kappa shape index (κ2) is 25.1. The van der Waals surface area contributed by atoms with E-state index >= 15 is 0 Å². The molecule has 0 nitrogen and oxygen atoms in total. The minimum atomic E-state index is -1.04. The Hall–Kier alpha value is 0.430. The van der Waals surface area contributed by atoms with Crippen LogP contribution in [0.5, 0.6) is 0 Å². The van der Waals surface area contributed by atoms with Gasteiger partial charge in [0.2, 0.25) is 0 Å². The molecule has 0 heterocycles. The third kappa shape index (κ3) is 20.7. The Labute approximate surface area is 200 Å². The van der Waals surface area contributed by atoms with Crippen LogP contribution in [0.4, 0.5) is 0 Å². The van der Waals surface area contributed by atoms with Gasteiger partial charge >= 0.3 is 201 Å². The number of rotatable bonds is 26. The van der Waals surface area contributed by atoms with Crippen LogP contribution in [0.2, 0.25) is 0 Å². The summed E-state index contributed by atoms with van der Waals surface area (Å²) in [5.74, 6) is 0. The molecule has 0 aliphatic rings. The molecule has 31 heavy (non-hydrogen) atoms. The molecule has 0 rings (SSSR count). The summed E-state index contributed by atoms with van der Waals surface area (Å²) in [6.45, 7) is 9.42. The minimum absolute atomic E-state index is 1.04. The Balaban J connectivity index is 4.44. The van der Waals surface area contributed by atoms with Crippen LogP contribution in [-0.4, -0.2) is 24.6 Å². The normalized spacial score (nSPS) is 12.5. The predicted octanol–water partition coefficient (Wildman–Crippen LogP) is 11.4. The molecule has 0 spiro atoms. The molecule has 0 radical (unpaired) electrons. The molecule has 0 amide bonds. The second-order valence-electron chi connectivity index (χ2n) is 10.9. The van der Waals surface area contributed by atoms with Gasteiger partial charge in [-0.15, -0.1) is 0 Å². The molecule has 0 aromatic heterocycles. The summed E-state index contributed by atoms with van der Waals surface area (Å²) in [7, 11) is -1.04. The van der Waals surface area contributed by atoms with Crippen LogP contribution in [0.1, 0.15) is 169 Å². The fourth-order valence-corrected chi connectivity index (χ4v) is 11.0. The van der Waals surface area contributed by atoms with Crippen molar-refractivity contribution in [3.8, 4) is 0 Å². The van der Waals surface area contributed by atoms with Gasteiger partial charge < -0.3 is 0 Å².